The highest BCUT2D eigenvalue weighted by Gasteiger charge is 2.00. The van der Waals surface area contributed by atoms with Gasteiger partial charge in [-0.05, 0) is 6.42 Å². The van der Waals surface area contributed by atoms with Crippen molar-refractivity contribution < 1.29 is 4.79 Å². The van der Waals surface area contributed by atoms with Gasteiger partial charge >= 0.3 is 0 Å². The number of amides is 1. The van der Waals surface area contributed by atoms with Crippen molar-refractivity contribution in [3.63, 3.8) is 0 Å². The van der Waals surface area contributed by atoms with Crippen LogP contribution in [0.3, 0.4) is 0 Å². The fourth-order valence-electron chi connectivity index (χ4n) is 1.03. The molecule has 13 heavy (non-hydrogen) atoms. The van der Waals surface area contributed by atoms with E-state index in [1.54, 1.807) is 6.20 Å². The lowest BCUT2D eigenvalue weighted by Gasteiger charge is -1.98. The van der Waals surface area contributed by atoms with Gasteiger partial charge in [-0.15, -0.1) is 0 Å². The first-order chi connectivity index (χ1) is 6.26. The molecule has 1 N–H and O–H groups in total. The highest BCUT2D eigenvalue weighted by molar-refractivity contribution is 5.90. The van der Waals surface area contributed by atoms with Crippen LogP contribution >= 0.6 is 0 Å². The molecule has 0 radical (unpaired) electrons. The summed E-state index contributed by atoms with van der Waals surface area (Å²) in [6.07, 6.45) is 5.06. The predicted octanol–water partition coefficient (Wildman–Crippen LogP) is 1.64. The molecule has 72 valence electrons. The van der Waals surface area contributed by atoms with Crippen molar-refractivity contribution >= 4 is 11.6 Å². The van der Waals surface area contributed by atoms with Crippen LogP contribution in [0.15, 0.2) is 12.4 Å². The molecule has 0 fully saturated rings. The molecule has 0 bridgehead atoms. The normalized spacial score (nSPS) is 10.0. The lowest BCUT2D eigenvalue weighted by atomic mass is 10.4. The van der Waals surface area contributed by atoms with Crippen LogP contribution in [0.25, 0.3) is 0 Å². The molecule has 1 aromatic rings. The number of rotatable bonds is 4. The molecule has 4 heteroatoms. The van der Waals surface area contributed by atoms with Crippen LogP contribution in [0.4, 0.5) is 5.69 Å². The summed E-state index contributed by atoms with van der Waals surface area (Å²) in [6, 6.07) is 0. The number of carbonyl (C=O) groups excluding carboxylic acids is 1. The predicted molar refractivity (Wildman–Crippen MR) is 51.4 cm³/mol. The third-order valence-corrected chi connectivity index (χ3v) is 1.69. The van der Waals surface area contributed by atoms with Gasteiger partial charge in [0.1, 0.15) is 0 Å². The van der Waals surface area contributed by atoms with Gasteiger partial charge < -0.3 is 5.32 Å². The Morgan fingerprint density at radius 2 is 2.38 bits per heavy atom. The number of nitrogens with zero attached hydrogens (tertiary/aromatic N) is 2. The van der Waals surface area contributed by atoms with Crippen molar-refractivity contribution in [2.75, 3.05) is 5.32 Å². The molecular weight excluding hydrogens is 166 g/mol. The number of carbonyl (C=O) groups is 1. The van der Waals surface area contributed by atoms with E-state index in [1.807, 2.05) is 17.8 Å². The first-order valence-corrected chi connectivity index (χ1v) is 4.58. The topological polar surface area (TPSA) is 46.9 Å². The number of hydrogen-bond acceptors (Lipinski definition) is 2. The Kier molecular flexibility index (Phi) is 3.49. The summed E-state index contributed by atoms with van der Waals surface area (Å²) >= 11 is 0. The van der Waals surface area contributed by atoms with E-state index in [0.717, 1.165) is 18.7 Å². The Hall–Kier alpha value is -1.32. The SMILES string of the molecule is CCCn1cc(NC(=O)CC)cn1. The quantitative estimate of drug-likeness (QED) is 0.767. The second-order valence-corrected chi connectivity index (χ2v) is 2.89. The maximum Gasteiger partial charge on any atom is 0.224 e. The van der Waals surface area contributed by atoms with E-state index in [0.29, 0.717) is 6.42 Å². The molecule has 1 rings (SSSR count). The van der Waals surface area contributed by atoms with Crippen molar-refractivity contribution in [2.45, 2.75) is 33.2 Å². The lowest BCUT2D eigenvalue weighted by Crippen LogP contribution is -2.08. The van der Waals surface area contributed by atoms with Gasteiger partial charge in [0.05, 0.1) is 11.9 Å². The largest absolute Gasteiger partial charge is 0.323 e. The summed E-state index contributed by atoms with van der Waals surface area (Å²) < 4.78 is 1.82. The van der Waals surface area contributed by atoms with Gasteiger partial charge in [-0.1, -0.05) is 13.8 Å². The molecule has 1 amide bonds. The number of aromatic nitrogens is 2. The first-order valence-electron chi connectivity index (χ1n) is 4.58. The fourth-order valence-corrected chi connectivity index (χ4v) is 1.03. The van der Waals surface area contributed by atoms with Gasteiger partial charge in [0.2, 0.25) is 5.91 Å². The number of hydrogen-bond donors (Lipinski definition) is 1. The summed E-state index contributed by atoms with van der Waals surface area (Å²) in [5, 5.41) is 6.84. The van der Waals surface area contributed by atoms with Crippen LogP contribution in [0.2, 0.25) is 0 Å². The smallest absolute Gasteiger partial charge is 0.224 e. The van der Waals surface area contributed by atoms with E-state index < -0.39 is 0 Å². The van der Waals surface area contributed by atoms with Gasteiger partial charge in [-0.3, -0.25) is 9.48 Å². The summed E-state index contributed by atoms with van der Waals surface area (Å²) in [7, 11) is 0. The van der Waals surface area contributed by atoms with Crippen molar-refractivity contribution in [3.8, 4) is 0 Å². The van der Waals surface area contributed by atoms with Gasteiger partial charge in [0.15, 0.2) is 0 Å². The zero-order valence-electron chi connectivity index (χ0n) is 8.08. The van der Waals surface area contributed by atoms with Crippen LogP contribution in [0.1, 0.15) is 26.7 Å². The Balaban J connectivity index is 2.53. The van der Waals surface area contributed by atoms with Gasteiger partial charge in [-0.2, -0.15) is 5.10 Å². The third kappa shape index (κ3) is 2.89. The van der Waals surface area contributed by atoms with E-state index in [2.05, 4.69) is 17.3 Å². The molecule has 4 nitrogen and oxygen atoms in total. The monoisotopic (exact) mass is 181 g/mol. The molecule has 0 aliphatic carbocycles. The first kappa shape index (κ1) is 9.77. The minimum atomic E-state index is 0.0241. The maximum atomic E-state index is 11.0. The zero-order chi connectivity index (χ0) is 9.68. The van der Waals surface area contributed by atoms with Crippen molar-refractivity contribution in [2.24, 2.45) is 0 Å². The summed E-state index contributed by atoms with van der Waals surface area (Å²) in [4.78, 5) is 11.0. The molecule has 0 aromatic carbocycles. The number of nitrogens with one attached hydrogen (secondary N) is 1. The van der Waals surface area contributed by atoms with Crippen molar-refractivity contribution in [1.82, 2.24) is 9.78 Å². The third-order valence-electron chi connectivity index (χ3n) is 1.69. The van der Waals surface area contributed by atoms with Crippen LogP contribution in [0.5, 0.6) is 0 Å². The Morgan fingerprint density at radius 1 is 1.62 bits per heavy atom. The Morgan fingerprint density at radius 3 is 3.00 bits per heavy atom. The molecule has 0 unspecified atom stereocenters. The van der Waals surface area contributed by atoms with Crippen molar-refractivity contribution in [1.29, 1.82) is 0 Å². The van der Waals surface area contributed by atoms with E-state index in [4.69, 9.17) is 0 Å². The van der Waals surface area contributed by atoms with Crippen molar-refractivity contribution in [3.05, 3.63) is 12.4 Å². The van der Waals surface area contributed by atoms with E-state index in [9.17, 15) is 4.79 Å². The molecule has 1 heterocycles. The second-order valence-electron chi connectivity index (χ2n) is 2.89. The summed E-state index contributed by atoms with van der Waals surface area (Å²) in [5.41, 5.74) is 0.778. The second kappa shape index (κ2) is 4.64. The zero-order valence-corrected chi connectivity index (χ0v) is 8.08. The minimum absolute atomic E-state index is 0.0241. The van der Waals surface area contributed by atoms with E-state index in [1.165, 1.54) is 0 Å². The minimum Gasteiger partial charge on any atom is -0.323 e. The number of anilines is 1. The van der Waals surface area contributed by atoms with E-state index in [-0.39, 0.29) is 5.91 Å². The van der Waals surface area contributed by atoms with E-state index >= 15 is 0 Å². The molecule has 1 aromatic heterocycles. The van der Waals surface area contributed by atoms with Crippen LogP contribution in [-0.4, -0.2) is 15.7 Å². The van der Waals surface area contributed by atoms with Gasteiger partial charge in [0.25, 0.3) is 0 Å². The Bertz CT molecular complexity index is 280. The average Bonchev–Trinajstić information content (AvgIpc) is 2.53. The van der Waals surface area contributed by atoms with Gasteiger partial charge in [0, 0.05) is 19.2 Å². The summed E-state index contributed by atoms with van der Waals surface area (Å²) in [5.74, 6) is 0.0241. The standard InChI is InChI=1S/C9H15N3O/c1-3-5-12-7-8(6-10-12)11-9(13)4-2/h6-7H,3-5H2,1-2H3,(H,11,13). The fraction of sp³-hybridized carbons (Fsp3) is 0.556. The van der Waals surface area contributed by atoms with Crippen LogP contribution < -0.4 is 5.32 Å². The maximum absolute atomic E-state index is 11.0. The molecule has 0 saturated carbocycles. The van der Waals surface area contributed by atoms with Gasteiger partial charge in [-0.25, -0.2) is 0 Å². The molecule has 0 atom stereocenters. The number of aryl methyl sites for hydroxylation is 1. The van der Waals surface area contributed by atoms with Crippen LogP contribution in [-0.2, 0) is 11.3 Å². The molecule has 0 aliphatic rings. The van der Waals surface area contributed by atoms with Crippen LogP contribution in [0, 0.1) is 0 Å². The molecule has 0 saturated heterocycles. The highest BCUT2D eigenvalue weighted by atomic mass is 16.1. The molecular formula is C9H15N3O. The average molecular weight is 181 g/mol. The lowest BCUT2D eigenvalue weighted by molar-refractivity contribution is -0.115. The molecule has 0 spiro atoms. The Labute approximate surface area is 77.9 Å². The highest BCUT2D eigenvalue weighted by Crippen LogP contribution is 2.05. The summed E-state index contributed by atoms with van der Waals surface area (Å²) in [6.45, 7) is 4.81. The molecule has 0 aliphatic heterocycles.